The molecule has 234 valence electrons. The van der Waals surface area contributed by atoms with E-state index in [0.717, 1.165) is 71.2 Å². The van der Waals surface area contributed by atoms with E-state index in [1.807, 2.05) is 48.5 Å². The molecule has 2 unspecified atom stereocenters. The smallest absolute Gasteiger partial charge is 0.239 e. The van der Waals surface area contributed by atoms with Gasteiger partial charge in [-0.1, -0.05) is 123 Å². The van der Waals surface area contributed by atoms with E-state index < -0.39 is 34.6 Å². The van der Waals surface area contributed by atoms with Crippen LogP contribution in [-0.2, 0) is 9.59 Å². The van der Waals surface area contributed by atoms with Crippen LogP contribution in [0.3, 0.4) is 0 Å². The van der Waals surface area contributed by atoms with Gasteiger partial charge in [0.15, 0.2) is 0 Å². The largest absolute Gasteiger partial charge is 0.387 e. The van der Waals surface area contributed by atoms with Crippen LogP contribution in [0, 0.1) is 5.41 Å². The molecule has 6 nitrogen and oxygen atoms in total. The maximum absolute atomic E-state index is 15.6. The summed E-state index contributed by atoms with van der Waals surface area (Å²) in [5.41, 5.74) is 3.97. The average molecular weight is 605 g/mol. The molecule has 0 aromatic heterocycles. The van der Waals surface area contributed by atoms with E-state index in [2.05, 4.69) is 36.4 Å². The molecule has 6 heteroatoms. The molecular formula is C39H44N2O4. The lowest BCUT2D eigenvalue weighted by molar-refractivity contribution is -0.171. The molecule has 4 N–H and O–H groups in total. The highest BCUT2D eigenvalue weighted by Gasteiger charge is 2.58. The van der Waals surface area contributed by atoms with Crippen molar-refractivity contribution >= 4 is 33.4 Å². The van der Waals surface area contributed by atoms with Gasteiger partial charge >= 0.3 is 0 Å². The van der Waals surface area contributed by atoms with E-state index in [1.54, 1.807) is 4.90 Å². The first-order valence-corrected chi connectivity index (χ1v) is 16.8. The van der Waals surface area contributed by atoms with Crippen LogP contribution < -0.4 is 5.73 Å². The van der Waals surface area contributed by atoms with E-state index in [9.17, 15) is 15.0 Å². The quantitative estimate of drug-likeness (QED) is 0.184. The molecule has 0 saturated heterocycles. The van der Waals surface area contributed by atoms with E-state index in [-0.39, 0.29) is 5.91 Å². The first-order chi connectivity index (χ1) is 21.8. The van der Waals surface area contributed by atoms with Crippen LogP contribution in [0.1, 0.15) is 100 Å². The Bertz CT molecular complexity index is 1610. The van der Waals surface area contributed by atoms with E-state index in [4.69, 9.17) is 5.73 Å². The van der Waals surface area contributed by atoms with Gasteiger partial charge in [0, 0.05) is 0 Å². The molecule has 2 atom stereocenters. The van der Waals surface area contributed by atoms with Gasteiger partial charge in [0.1, 0.15) is 5.41 Å². The van der Waals surface area contributed by atoms with Gasteiger partial charge in [-0.15, -0.1) is 0 Å². The van der Waals surface area contributed by atoms with Crippen molar-refractivity contribution in [1.29, 1.82) is 0 Å². The Morgan fingerprint density at radius 2 is 0.956 bits per heavy atom. The fourth-order valence-corrected chi connectivity index (χ4v) is 9.07. The standard InChI is InChI=1S/C39H44N2O4/c40-35(42)37(21-5-6-22-37)36(43)41(33(38(44)23-7-8-24-38)31-19-11-15-27-13-1-3-17-29(27)31)34(39(45)25-9-10-26-39)32-20-12-16-28-14-2-4-18-30(28)32/h1-4,11-20,33-34,44-45H,5-10,21-26H2,(H2,40,42). The monoisotopic (exact) mass is 604 g/mol. The van der Waals surface area contributed by atoms with Crippen molar-refractivity contribution in [2.45, 2.75) is 100 Å². The number of fused-ring (bicyclic) bond motifs is 2. The van der Waals surface area contributed by atoms with Crippen LogP contribution in [0.4, 0.5) is 0 Å². The third-order valence-electron chi connectivity index (χ3n) is 11.3. The van der Waals surface area contributed by atoms with Gasteiger partial charge in [-0.05, 0) is 71.2 Å². The lowest BCUT2D eigenvalue weighted by atomic mass is 9.74. The molecule has 0 bridgehead atoms. The number of rotatable bonds is 8. The van der Waals surface area contributed by atoms with Crippen molar-refractivity contribution in [2.24, 2.45) is 11.1 Å². The van der Waals surface area contributed by atoms with Crippen LogP contribution in [0.5, 0.6) is 0 Å². The predicted molar refractivity (Wildman–Crippen MR) is 177 cm³/mol. The van der Waals surface area contributed by atoms with E-state index >= 15 is 4.79 Å². The minimum Gasteiger partial charge on any atom is -0.387 e. The molecule has 2 amide bonds. The second-order valence-corrected chi connectivity index (χ2v) is 13.9. The Labute approximate surface area is 265 Å². The molecule has 0 radical (unpaired) electrons. The molecule has 45 heavy (non-hydrogen) atoms. The maximum atomic E-state index is 15.6. The van der Waals surface area contributed by atoms with E-state index in [0.29, 0.717) is 38.5 Å². The van der Waals surface area contributed by atoms with Crippen LogP contribution in [0.2, 0.25) is 0 Å². The Hall–Kier alpha value is -3.74. The number of nitrogens with zero attached hydrogens (tertiary/aromatic N) is 1. The fraction of sp³-hybridized carbons (Fsp3) is 0.436. The number of benzene rings is 4. The van der Waals surface area contributed by atoms with Gasteiger partial charge in [-0.3, -0.25) is 9.59 Å². The maximum Gasteiger partial charge on any atom is 0.239 e. The van der Waals surface area contributed by atoms with Crippen LogP contribution in [0.15, 0.2) is 84.9 Å². The number of aliphatic hydroxyl groups is 2. The second-order valence-electron chi connectivity index (χ2n) is 13.9. The number of primary amides is 1. The molecule has 0 spiro atoms. The number of carbonyl (C=O) groups is 2. The van der Waals surface area contributed by atoms with Crippen molar-refractivity contribution in [3.63, 3.8) is 0 Å². The summed E-state index contributed by atoms with van der Waals surface area (Å²) in [6.45, 7) is 0. The van der Waals surface area contributed by atoms with Gasteiger partial charge in [0.2, 0.25) is 11.8 Å². The van der Waals surface area contributed by atoms with Crippen molar-refractivity contribution in [2.75, 3.05) is 0 Å². The summed E-state index contributed by atoms with van der Waals surface area (Å²) in [7, 11) is 0. The summed E-state index contributed by atoms with van der Waals surface area (Å²) in [5.74, 6) is -0.968. The second kappa shape index (κ2) is 11.6. The van der Waals surface area contributed by atoms with Gasteiger partial charge in [-0.25, -0.2) is 0 Å². The molecule has 3 fully saturated rings. The zero-order valence-corrected chi connectivity index (χ0v) is 26.0. The Morgan fingerprint density at radius 1 is 0.578 bits per heavy atom. The summed E-state index contributed by atoms with van der Waals surface area (Å²) in [6, 6.07) is 26.7. The molecular weight excluding hydrogens is 560 g/mol. The molecule has 3 aliphatic rings. The third-order valence-corrected chi connectivity index (χ3v) is 11.3. The van der Waals surface area contributed by atoms with Crippen molar-refractivity contribution in [3.05, 3.63) is 96.1 Å². The summed E-state index contributed by atoms with van der Waals surface area (Å²) in [5, 5.41) is 29.5. The Morgan fingerprint density at radius 3 is 1.38 bits per heavy atom. The number of carbonyl (C=O) groups excluding carboxylic acids is 2. The summed E-state index contributed by atoms with van der Waals surface area (Å²) in [6.07, 6.45) is 7.65. The zero-order chi connectivity index (χ0) is 31.2. The van der Waals surface area contributed by atoms with Gasteiger partial charge in [0.25, 0.3) is 0 Å². The molecule has 4 aromatic rings. The van der Waals surface area contributed by atoms with Gasteiger partial charge in [0.05, 0.1) is 23.3 Å². The third kappa shape index (κ3) is 4.94. The topological polar surface area (TPSA) is 104 Å². The Kier molecular flexibility index (Phi) is 7.69. The summed E-state index contributed by atoms with van der Waals surface area (Å²) >= 11 is 0. The minimum atomic E-state index is -1.39. The van der Waals surface area contributed by atoms with Crippen LogP contribution >= 0.6 is 0 Å². The Balaban J connectivity index is 1.57. The highest BCUT2D eigenvalue weighted by Crippen LogP contribution is 2.55. The predicted octanol–water partition coefficient (Wildman–Crippen LogP) is 7.26. The SMILES string of the molecule is NC(=O)C1(C(=O)N(C(c2cccc3ccccc23)C2(O)CCCC2)C(c2cccc3ccccc23)C2(O)CCCC2)CCCC1. The number of amides is 2. The highest BCUT2D eigenvalue weighted by atomic mass is 16.3. The normalized spacial score (nSPS) is 21.6. The average Bonchev–Trinajstić information content (AvgIpc) is 3.83. The lowest BCUT2D eigenvalue weighted by Gasteiger charge is -2.51. The molecule has 0 aliphatic heterocycles. The zero-order valence-electron chi connectivity index (χ0n) is 26.0. The fourth-order valence-electron chi connectivity index (χ4n) is 9.07. The molecule has 3 aliphatic carbocycles. The van der Waals surface area contributed by atoms with Crippen molar-refractivity contribution in [3.8, 4) is 0 Å². The van der Waals surface area contributed by atoms with Crippen LogP contribution in [-0.4, -0.2) is 38.1 Å². The number of nitrogens with two attached hydrogens (primary N) is 1. The van der Waals surface area contributed by atoms with Crippen molar-refractivity contribution < 1.29 is 19.8 Å². The minimum absolute atomic E-state index is 0.357. The molecule has 3 saturated carbocycles. The van der Waals surface area contributed by atoms with E-state index in [1.165, 1.54) is 0 Å². The van der Waals surface area contributed by atoms with Crippen LogP contribution in [0.25, 0.3) is 21.5 Å². The summed E-state index contributed by atoms with van der Waals surface area (Å²) < 4.78 is 0. The molecule has 0 heterocycles. The first kappa shape index (κ1) is 29.9. The number of hydrogen-bond donors (Lipinski definition) is 3. The van der Waals surface area contributed by atoms with Gasteiger partial charge < -0.3 is 20.8 Å². The van der Waals surface area contributed by atoms with Gasteiger partial charge in [-0.2, -0.15) is 0 Å². The molecule has 7 rings (SSSR count). The highest BCUT2D eigenvalue weighted by molar-refractivity contribution is 6.05. The lowest BCUT2D eigenvalue weighted by Crippen LogP contribution is -2.59. The molecule has 4 aromatic carbocycles. The van der Waals surface area contributed by atoms with Crippen molar-refractivity contribution in [1.82, 2.24) is 4.90 Å². The number of hydrogen-bond acceptors (Lipinski definition) is 4. The first-order valence-electron chi connectivity index (χ1n) is 16.8. The summed E-state index contributed by atoms with van der Waals surface area (Å²) in [4.78, 5) is 30.9.